The molecule has 12 heteroatoms. The van der Waals surface area contributed by atoms with E-state index in [4.69, 9.17) is 0 Å². The van der Waals surface area contributed by atoms with Crippen molar-refractivity contribution in [3.63, 3.8) is 0 Å². The van der Waals surface area contributed by atoms with Crippen LogP contribution in [-0.4, -0.2) is 81.5 Å². The summed E-state index contributed by atoms with van der Waals surface area (Å²) in [7, 11) is 0. The van der Waals surface area contributed by atoms with E-state index in [1.807, 2.05) is 54.8 Å². The molecule has 4 atom stereocenters. The number of nitrogens with one attached hydrogen (secondary N) is 6. The van der Waals surface area contributed by atoms with Crippen molar-refractivity contribution in [1.82, 2.24) is 31.2 Å². The van der Waals surface area contributed by atoms with Crippen LogP contribution in [0.2, 0.25) is 0 Å². The Balaban J connectivity index is 1.37. The number of fused-ring (bicyclic) bond motifs is 2. The summed E-state index contributed by atoms with van der Waals surface area (Å²) in [6, 6.07) is 11.6. The minimum Gasteiger partial charge on any atom is -0.480 e. The average molecular weight is 619 g/mol. The van der Waals surface area contributed by atoms with Crippen molar-refractivity contribution in [2.24, 2.45) is 0 Å². The van der Waals surface area contributed by atoms with Gasteiger partial charge in [0.05, 0.1) is 6.04 Å². The van der Waals surface area contributed by atoms with Gasteiger partial charge >= 0.3 is 5.97 Å². The number of hydrogen-bond acceptors (Lipinski definition) is 6. The number of carboxylic acids is 1. The van der Waals surface area contributed by atoms with Crippen LogP contribution in [0.25, 0.3) is 21.8 Å². The number of benzene rings is 2. The van der Waals surface area contributed by atoms with Crippen LogP contribution in [0, 0.1) is 0 Å². The van der Waals surface area contributed by atoms with Crippen LogP contribution in [0.15, 0.2) is 60.9 Å². The summed E-state index contributed by atoms with van der Waals surface area (Å²) >= 11 is 1.55. The summed E-state index contributed by atoms with van der Waals surface area (Å²) in [6.07, 6.45) is 7.59. The quantitative estimate of drug-likeness (QED) is 0.114. The van der Waals surface area contributed by atoms with Gasteiger partial charge < -0.3 is 36.3 Å². The molecule has 1 fully saturated rings. The van der Waals surface area contributed by atoms with Crippen LogP contribution in [-0.2, 0) is 32.0 Å². The summed E-state index contributed by atoms with van der Waals surface area (Å²) in [5.74, 6) is -1.92. The predicted octanol–water partition coefficient (Wildman–Crippen LogP) is 2.48. The van der Waals surface area contributed by atoms with E-state index in [-0.39, 0.29) is 24.8 Å². The highest BCUT2D eigenvalue weighted by Gasteiger charge is 2.32. The van der Waals surface area contributed by atoms with Crippen molar-refractivity contribution in [3.05, 3.63) is 72.1 Å². The van der Waals surface area contributed by atoms with Gasteiger partial charge in [-0.3, -0.25) is 14.4 Å². The molecule has 3 heterocycles. The Morgan fingerprint density at radius 2 is 1.41 bits per heavy atom. The molecule has 0 aliphatic carbocycles. The first-order chi connectivity index (χ1) is 21.3. The SMILES string of the molecule is CSCCC(NC(=O)C1CCCN1)C(=O)NC(Cc1c[nH]c2ccccc12)C(=O)NC(Cc1c[nH]c2ccccc12)C(=O)O. The second-order valence-electron chi connectivity index (χ2n) is 11.1. The van der Waals surface area contributed by atoms with Gasteiger partial charge in [0.1, 0.15) is 18.1 Å². The summed E-state index contributed by atoms with van der Waals surface area (Å²) < 4.78 is 0. The number of carbonyl (C=O) groups is 4. The smallest absolute Gasteiger partial charge is 0.326 e. The lowest BCUT2D eigenvalue weighted by atomic mass is 10.0. The molecule has 0 spiro atoms. The molecule has 44 heavy (non-hydrogen) atoms. The zero-order chi connectivity index (χ0) is 31.1. The van der Waals surface area contributed by atoms with E-state index < -0.39 is 35.9 Å². The molecule has 4 unspecified atom stereocenters. The Bertz CT molecular complexity index is 1630. The lowest BCUT2D eigenvalue weighted by Crippen LogP contribution is -2.57. The number of H-pyrrole nitrogens is 2. The van der Waals surface area contributed by atoms with Gasteiger partial charge in [-0.25, -0.2) is 4.79 Å². The molecule has 3 amide bonds. The number of amides is 3. The molecule has 11 nitrogen and oxygen atoms in total. The van der Waals surface area contributed by atoms with E-state index in [1.54, 1.807) is 24.2 Å². The highest BCUT2D eigenvalue weighted by atomic mass is 32.2. The second-order valence-corrected chi connectivity index (χ2v) is 12.1. The molecule has 0 saturated carbocycles. The molecular formula is C32H38N6O5S. The lowest BCUT2D eigenvalue weighted by molar-refractivity contribution is -0.142. The number of para-hydroxylation sites is 2. The molecular weight excluding hydrogens is 580 g/mol. The topological polar surface area (TPSA) is 168 Å². The average Bonchev–Trinajstić information content (AvgIpc) is 3.79. The van der Waals surface area contributed by atoms with E-state index in [0.717, 1.165) is 45.9 Å². The second kappa shape index (κ2) is 14.5. The fourth-order valence-corrected chi connectivity index (χ4v) is 6.15. The van der Waals surface area contributed by atoms with Crippen LogP contribution >= 0.6 is 11.8 Å². The van der Waals surface area contributed by atoms with Gasteiger partial charge in [-0.05, 0) is 61.1 Å². The van der Waals surface area contributed by atoms with E-state index in [9.17, 15) is 24.3 Å². The predicted molar refractivity (Wildman–Crippen MR) is 171 cm³/mol. The standard InChI is InChI=1S/C32H38N6O5S/c1-44-14-12-26(36-29(39)25-11-6-13-33-25)30(40)37-27(15-19-17-34-23-9-4-2-7-21(19)23)31(41)38-28(32(42)43)16-20-18-35-24-10-5-3-8-22(20)24/h2-5,7-10,17-18,25-28,33-35H,6,11-16H2,1H3,(H,36,39)(H,37,40)(H,38,41)(H,42,43). The number of aromatic nitrogens is 2. The van der Waals surface area contributed by atoms with Crippen molar-refractivity contribution in [3.8, 4) is 0 Å². The molecule has 0 radical (unpaired) electrons. The number of aliphatic carboxylic acids is 1. The molecule has 1 saturated heterocycles. The van der Waals surface area contributed by atoms with Crippen LogP contribution in [0.1, 0.15) is 30.4 Å². The minimum atomic E-state index is -1.23. The maximum absolute atomic E-state index is 13.8. The van der Waals surface area contributed by atoms with Gasteiger partial charge in [-0.1, -0.05) is 36.4 Å². The molecule has 1 aliphatic heterocycles. The Morgan fingerprint density at radius 1 is 0.841 bits per heavy atom. The first-order valence-electron chi connectivity index (χ1n) is 14.8. The summed E-state index contributed by atoms with van der Waals surface area (Å²) in [5.41, 5.74) is 3.30. The van der Waals surface area contributed by atoms with E-state index in [0.29, 0.717) is 18.6 Å². The van der Waals surface area contributed by atoms with Crippen molar-refractivity contribution >= 4 is 57.3 Å². The number of aromatic amines is 2. The molecule has 5 rings (SSSR count). The number of thioether (sulfide) groups is 1. The Kier molecular flexibility index (Phi) is 10.2. The molecule has 232 valence electrons. The number of carbonyl (C=O) groups excluding carboxylic acids is 3. The van der Waals surface area contributed by atoms with Crippen LogP contribution in [0.3, 0.4) is 0 Å². The fourth-order valence-electron chi connectivity index (χ4n) is 5.68. The first-order valence-corrected chi connectivity index (χ1v) is 16.2. The molecule has 0 bridgehead atoms. The van der Waals surface area contributed by atoms with Gasteiger partial charge in [0.2, 0.25) is 17.7 Å². The fraction of sp³-hybridized carbons (Fsp3) is 0.375. The van der Waals surface area contributed by atoms with Crippen molar-refractivity contribution in [1.29, 1.82) is 0 Å². The monoisotopic (exact) mass is 618 g/mol. The van der Waals surface area contributed by atoms with Crippen LogP contribution in [0.5, 0.6) is 0 Å². The van der Waals surface area contributed by atoms with Crippen molar-refractivity contribution in [2.45, 2.75) is 56.3 Å². The third-order valence-corrected chi connectivity index (χ3v) is 8.71. The summed E-state index contributed by atoms with van der Waals surface area (Å²) in [5, 5.41) is 23.4. The maximum Gasteiger partial charge on any atom is 0.326 e. The Labute approximate surface area is 259 Å². The minimum absolute atomic E-state index is 0.0552. The zero-order valence-corrected chi connectivity index (χ0v) is 25.3. The molecule has 2 aromatic heterocycles. The van der Waals surface area contributed by atoms with E-state index in [2.05, 4.69) is 31.2 Å². The van der Waals surface area contributed by atoms with Crippen molar-refractivity contribution in [2.75, 3.05) is 18.6 Å². The van der Waals surface area contributed by atoms with Gasteiger partial charge in [-0.15, -0.1) is 0 Å². The van der Waals surface area contributed by atoms with E-state index >= 15 is 0 Å². The Hall–Kier alpha value is -4.29. The zero-order valence-electron chi connectivity index (χ0n) is 24.5. The third-order valence-electron chi connectivity index (χ3n) is 8.07. The van der Waals surface area contributed by atoms with Gasteiger partial charge in [-0.2, -0.15) is 11.8 Å². The van der Waals surface area contributed by atoms with Gasteiger partial charge in [0.25, 0.3) is 0 Å². The molecule has 4 aromatic rings. The van der Waals surface area contributed by atoms with Gasteiger partial charge in [0, 0.05) is 47.0 Å². The number of rotatable bonds is 14. The van der Waals surface area contributed by atoms with Gasteiger partial charge in [0.15, 0.2) is 0 Å². The van der Waals surface area contributed by atoms with Crippen LogP contribution < -0.4 is 21.3 Å². The van der Waals surface area contributed by atoms with Crippen molar-refractivity contribution < 1.29 is 24.3 Å². The highest BCUT2D eigenvalue weighted by molar-refractivity contribution is 7.98. The summed E-state index contributed by atoms with van der Waals surface area (Å²) in [6.45, 7) is 0.746. The number of carboxylic acid groups (broad SMARTS) is 1. The van der Waals surface area contributed by atoms with E-state index in [1.165, 1.54) is 0 Å². The Morgan fingerprint density at radius 3 is 1.98 bits per heavy atom. The molecule has 1 aliphatic rings. The molecule has 2 aromatic carbocycles. The number of hydrogen-bond donors (Lipinski definition) is 7. The van der Waals surface area contributed by atoms with Crippen LogP contribution in [0.4, 0.5) is 0 Å². The summed E-state index contributed by atoms with van der Waals surface area (Å²) in [4.78, 5) is 59.0. The maximum atomic E-state index is 13.8. The first kappa shape index (κ1) is 31.1. The molecule has 7 N–H and O–H groups in total. The highest BCUT2D eigenvalue weighted by Crippen LogP contribution is 2.21. The largest absolute Gasteiger partial charge is 0.480 e. The normalized spacial score (nSPS) is 16.8. The lowest BCUT2D eigenvalue weighted by Gasteiger charge is -2.25. The third kappa shape index (κ3) is 7.43.